The maximum atomic E-state index is 5.86. The number of fused-ring (bicyclic) bond motifs is 1. The minimum atomic E-state index is 0.137. The highest BCUT2D eigenvalue weighted by Gasteiger charge is 2.03. The first-order valence-electron chi connectivity index (χ1n) is 6.58. The van der Waals surface area contributed by atoms with Crippen molar-refractivity contribution in [3.63, 3.8) is 0 Å². The van der Waals surface area contributed by atoms with Crippen LogP contribution in [0, 0.1) is 0 Å². The first-order chi connectivity index (χ1) is 9.70. The summed E-state index contributed by atoms with van der Waals surface area (Å²) in [4.78, 5) is 8.70. The van der Waals surface area contributed by atoms with Gasteiger partial charge in [0.15, 0.2) is 5.96 Å². The Hall–Kier alpha value is -2.14. The molecule has 0 fully saturated rings. The summed E-state index contributed by atoms with van der Waals surface area (Å²) in [6, 6.07) is 10.1. The van der Waals surface area contributed by atoms with Crippen LogP contribution in [0.4, 0.5) is 0 Å². The van der Waals surface area contributed by atoms with Crippen LogP contribution in [0.2, 0.25) is 0 Å². The predicted octanol–water partition coefficient (Wildman–Crippen LogP) is 1.67. The molecule has 0 amide bonds. The molecule has 3 N–H and O–H groups in total. The number of nitrogens with one attached hydrogen (secondary N) is 1. The maximum Gasteiger partial charge on any atom is 0.189 e. The van der Waals surface area contributed by atoms with Crippen LogP contribution < -0.4 is 11.1 Å². The second-order valence-electron chi connectivity index (χ2n) is 4.69. The topological polar surface area (TPSA) is 72.5 Å². The summed E-state index contributed by atoms with van der Waals surface area (Å²) in [5.41, 5.74) is 7.95. The van der Waals surface area contributed by atoms with Crippen molar-refractivity contribution < 1.29 is 4.74 Å². The number of hydrogen-bond acceptors (Lipinski definition) is 3. The smallest absolute Gasteiger partial charge is 0.189 e. The lowest BCUT2D eigenvalue weighted by molar-refractivity contribution is 0.179. The number of aliphatic imine (C=N–C) groups is 1. The Balaban J connectivity index is 2.08. The van der Waals surface area contributed by atoms with Crippen LogP contribution in [0.3, 0.4) is 0 Å². The molecule has 2 rings (SSSR count). The Kier molecular flexibility index (Phi) is 4.90. The van der Waals surface area contributed by atoms with Crippen LogP contribution in [0.5, 0.6) is 0 Å². The van der Waals surface area contributed by atoms with E-state index in [2.05, 4.69) is 15.3 Å². The van der Waals surface area contributed by atoms with Crippen molar-refractivity contribution >= 4 is 16.9 Å². The number of nitrogens with zero attached hydrogens (tertiary/aromatic N) is 2. The van der Waals surface area contributed by atoms with E-state index < -0.39 is 0 Å². The lowest BCUT2D eigenvalue weighted by Crippen LogP contribution is -2.40. The molecule has 5 heteroatoms. The molecule has 1 atom stereocenters. The van der Waals surface area contributed by atoms with Crippen molar-refractivity contribution in [3.8, 4) is 0 Å². The van der Waals surface area contributed by atoms with Crippen molar-refractivity contribution in [2.45, 2.75) is 19.5 Å². The molecule has 1 unspecified atom stereocenters. The number of para-hydroxylation sites is 1. The first-order valence-corrected chi connectivity index (χ1v) is 6.58. The van der Waals surface area contributed by atoms with E-state index in [1.807, 2.05) is 37.3 Å². The Morgan fingerprint density at radius 1 is 1.40 bits per heavy atom. The number of methoxy groups -OCH3 is 1. The Morgan fingerprint density at radius 2 is 2.20 bits per heavy atom. The highest BCUT2D eigenvalue weighted by Crippen LogP contribution is 2.16. The van der Waals surface area contributed by atoms with Crippen molar-refractivity contribution in [2.75, 3.05) is 13.7 Å². The van der Waals surface area contributed by atoms with Gasteiger partial charge in [0.2, 0.25) is 0 Å². The summed E-state index contributed by atoms with van der Waals surface area (Å²) in [6.45, 7) is 3.11. The van der Waals surface area contributed by atoms with Crippen LogP contribution >= 0.6 is 0 Å². The van der Waals surface area contributed by atoms with Gasteiger partial charge in [0.25, 0.3) is 0 Å². The van der Waals surface area contributed by atoms with Gasteiger partial charge in [0.1, 0.15) is 0 Å². The van der Waals surface area contributed by atoms with E-state index >= 15 is 0 Å². The van der Waals surface area contributed by atoms with Gasteiger partial charge in [-0.15, -0.1) is 0 Å². The average molecular weight is 272 g/mol. The third-order valence-corrected chi connectivity index (χ3v) is 2.97. The van der Waals surface area contributed by atoms with Gasteiger partial charge >= 0.3 is 0 Å². The molecule has 20 heavy (non-hydrogen) atoms. The molecular formula is C15H20N4O. The number of hydrogen-bond donors (Lipinski definition) is 2. The molecule has 0 aliphatic heterocycles. The normalized spacial score (nSPS) is 13.4. The minimum Gasteiger partial charge on any atom is -0.383 e. The lowest BCUT2D eigenvalue weighted by atomic mass is 10.1. The molecule has 106 valence electrons. The fraction of sp³-hybridized carbons (Fsp3) is 0.333. The van der Waals surface area contributed by atoms with E-state index in [1.165, 1.54) is 0 Å². The van der Waals surface area contributed by atoms with Gasteiger partial charge in [-0.1, -0.05) is 18.2 Å². The second kappa shape index (κ2) is 6.86. The van der Waals surface area contributed by atoms with Crippen molar-refractivity contribution in [1.29, 1.82) is 0 Å². The Morgan fingerprint density at radius 3 is 3.00 bits per heavy atom. The highest BCUT2D eigenvalue weighted by atomic mass is 16.5. The maximum absolute atomic E-state index is 5.86. The SMILES string of the molecule is COCC(C)NC(N)=NCc1ccnc2ccccc12. The standard InChI is InChI=1S/C15H20N4O/c1-11(10-20-2)19-15(16)18-9-12-7-8-17-14-6-4-3-5-13(12)14/h3-8,11H,9-10H2,1-2H3,(H3,16,18,19). The van der Waals surface area contributed by atoms with Gasteiger partial charge in [-0.25, -0.2) is 4.99 Å². The van der Waals surface area contributed by atoms with E-state index in [4.69, 9.17) is 10.5 Å². The van der Waals surface area contributed by atoms with Crippen LogP contribution in [-0.4, -0.2) is 30.7 Å². The zero-order valence-corrected chi connectivity index (χ0v) is 11.8. The molecule has 5 nitrogen and oxygen atoms in total. The lowest BCUT2D eigenvalue weighted by Gasteiger charge is -2.13. The number of nitrogens with two attached hydrogens (primary N) is 1. The number of guanidine groups is 1. The predicted molar refractivity (Wildman–Crippen MR) is 81.5 cm³/mol. The van der Waals surface area contributed by atoms with Crippen molar-refractivity contribution in [1.82, 2.24) is 10.3 Å². The number of pyridine rings is 1. The number of rotatable bonds is 5. The quantitative estimate of drug-likeness (QED) is 0.641. The zero-order valence-electron chi connectivity index (χ0n) is 11.8. The fourth-order valence-corrected chi connectivity index (χ4v) is 2.05. The molecule has 0 aliphatic rings. The Labute approximate surface area is 118 Å². The molecule has 1 aromatic carbocycles. The van der Waals surface area contributed by atoms with E-state index in [9.17, 15) is 0 Å². The van der Waals surface area contributed by atoms with Crippen LogP contribution in [-0.2, 0) is 11.3 Å². The summed E-state index contributed by atoms with van der Waals surface area (Å²) in [5, 5.41) is 4.19. The average Bonchev–Trinajstić information content (AvgIpc) is 2.45. The molecule has 0 spiro atoms. The van der Waals surface area contributed by atoms with E-state index in [1.54, 1.807) is 13.3 Å². The number of benzene rings is 1. The second-order valence-corrected chi connectivity index (χ2v) is 4.69. The van der Waals surface area contributed by atoms with Gasteiger partial charge < -0.3 is 15.8 Å². The minimum absolute atomic E-state index is 0.137. The van der Waals surface area contributed by atoms with Gasteiger partial charge in [0, 0.05) is 24.7 Å². The van der Waals surface area contributed by atoms with Crippen LogP contribution in [0.15, 0.2) is 41.5 Å². The molecule has 0 aliphatic carbocycles. The number of aromatic nitrogens is 1. The van der Waals surface area contributed by atoms with Crippen LogP contribution in [0.25, 0.3) is 10.9 Å². The summed E-state index contributed by atoms with van der Waals surface area (Å²) >= 11 is 0. The third-order valence-electron chi connectivity index (χ3n) is 2.97. The summed E-state index contributed by atoms with van der Waals surface area (Å²) in [7, 11) is 1.66. The van der Waals surface area contributed by atoms with E-state index in [0.717, 1.165) is 16.5 Å². The molecule has 2 aromatic rings. The monoisotopic (exact) mass is 272 g/mol. The zero-order chi connectivity index (χ0) is 14.4. The van der Waals surface area contributed by atoms with Gasteiger partial charge in [-0.2, -0.15) is 0 Å². The molecule has 1 aromatic heterocycles. The summed E-state index contributed by atoms with van der Waals surface area (Å²) < 4.78 is 5.04. The number of ether oxygens (including phenoxy) is 1. The highest BCUT2D eigenvalue weighted by molar-refractivity contribution is 5.82. The van der Waals surface area contributed by atoms with E-state index in [0.29, 0.717) is 19.1 Å². The van der Waals surface area contributed by atoms with Gasteiger partial charge in [-0.05, 0) is 24.6 Å². The molecule has 0 saturated carbocycles. The summed E-state index contributed by atoms with van der Waals surface area (Å²) in [6.07, 6.45) is 1.80. The molecule has 1 heterocycles. The molecular weight excluding hydrogens is 252 g/mol. The van der Waals surface area contributed by atoms with Crippen molar-refractivity contribution in [3.05, 3.63) is 42.1 Å². The molecule has 0 bridgehead atoms. The van der Waals surface area contributed by atoms with Gasteiger partial charge in [-0.3, -0.25) is 4.98 Å². The summed E-state index contributed by atoms with van der Waals surface area (Å²) in [5.74, 6) is 0.426. The van der Waals surface area contributed by atoms with E-state index in [-0.39, 0.29) is 6.04 Å². The van der Waals surface area contributed by atoms with Gasteiger partial charge in [0.05, 0.1) is 18.7 Å². The largest absolute Gasteiger partial charge is 0.383 e. The van der Waals surface area contributed by atoms with Crippen LogP contribution in [0.1, 0.15) is 12.5 Å². The Bertz CT molecular complexity index is 592. The first kappa shape index (κ1) is 14.3. The van der Waals surface area contributed by atoms with Crippen molar-refractivity contribution in [2.24, 2.45) is 10.7 Å². The fourth-order valence-electron chi connectivity index (χ4n) is 2.05. The molecule has 0 saturated heterocycles. The molecule has 0 radical (unpaired) electrons. The third kappa shape index (κ3) is 3.68.